The predicted molar refractivity (Wildman–Crippen MR) is 69.0 cm³/mol. The van der Waals surface area contributed by atoms with Crippen LogP contribution in [0.4, 0.5) is 4.39 Å². The fourth-order valence-corrected chi connectivity index (χ4v) is 1.75. The van der Waals surface area contributed by atoms with Crippen molar-refractivity contribution in [1.82, 2.24) is 5.32 Å². The van der Waals surface area contributed by atoms with Crippen LogP contribution in [0, 0.1) is 5.82 Å². The number of carbonyl (C=O) groups excluding carboxylic acids is 1. The van der Waals surface area contributed by atoms with E-state index in [1.54, 1.807) is 36.4 Å². The molecule has 92 valence electrons. The molecule has 0 saturated carbocycles. The van der Waals surface area contributed by atoms with Crippen LogP contribution in [0.5, 0.6) is 0 Å². The average Bonchev–Trinajstić information content (AvgIpc) is 2.36. The molecule has 0 bridgehead atoms. The molecule has 18 heavy (non-hydrogen) atoms. The Morgan fingerprint density at radius 2 is 1.94 bits per heavy atom. The van der Waals surface area contributed by atoms with Crippen LogP contribution >= 0.6 is 11.6 Å². The zero-order chi connectivity index (χ0) is 13.0. The van der Waals surface area contributed by atoms with Crippen LogP contribution in [0.25, 0.3) is 0 Å². The smallest absolute Gasteiger partial charge is 0.251 e. The second-order valence-electron chi connectivity index (χ2n) is 3.82. The van der Waals surface area contributed by atoms with E-state index in [0.717, 1.165) is 0 Å². The number of hydrogen-bond donors (Lipinski definition) is 1. The molecule has 0 saturated heterocycles. The van der Waals surface area contributed by atoms with Gasteiger partial charge < -0.3 is 5.32 Å². The molecule has 0 radical (unpaired) electrons. The highest BCUT2D eigenvalue weighted by Crippen LogP contribution is 2.10. The summed E-state index contributed by atoms with van der Waals surface area (Å²) < 4.78 is 12.9. The molecule has 0 heterocycles. The van der Waals surface area contributed by atoms with Crippen LogP contribution in [0.1, 0.15) is 15.9 Å². The SMILES string of the molecule is O=C(NCc1cccc(F)c1)c1cccc(Cl)c1. The van der Waals surface area contributed by atoms with E-state index in [2.05, 4.69) is 5.32 Å². The summed E-state index contributed by atoms with van der Waals surface area (Å²) in [5, 5.41) is 3.21. The Kier molecular flexibility index (Phi) is 3.95. The molecular weight excluding hydrogens is 253 g/mol. The zero-order valence-electron chi connectivity index (χ0n) is 9.49. The van der Waals surface area contributed by atoms with Gasteiger partial charge in [-0.15, -0.1) is 0 Å². The molecule has 0 spiro atoms. The minimum absolute atomic E-state index is 0.234. The Morgan fingerprint density at radius 1 is 1.17 bits per heavy atom. The van der Waals surface area contributed by atoms with E-state index in [-0.39, 0.29) is 18.3 Å². The van der Waals surface area contributed by atoms with Crippen molar-refractivity contribution in [3.63, 3.8) is 0 Å². The van der Waals surface area contributed by atoms with Crippen LogP contribution in [0.2, 0.25) is 5.02 Å². The summed E-state index contributed by atoms with van der Waals surface area (Å²) >= 11 is 5.80. The van der Waals surface area contributed by atoms with Crippen molar-refractivity contribution in [3.8, 4) is 0 Å². The van der Waals surface area contributed by atoms with Gasteiger partial charge in [-0.3, -0.25) is 4.79 Å². The van der Waals surface area contributed by atoms with Gasteiger partial charge in [0.15, 0.2) is 0 Å². The van der Waals surface area contributed by atoms with E-state index in [0.29, 0.717) is 16.1 Å². The minimum atomic E-state index is -0.315. The Labute approximate surface area is 109 Å². The quantitative estimate of drug-likeness (QED) is 0.903. The normalized spacial score (nSPS) is 10.1. The number of halogens is 2. The summed E-state index contributed by atoms with van der Waals surface area (Å²) in [7, 11) is 0. The summed E-state index contributed by atoms with van der Waals surface area (Å²) in [5.74, 6) is -0.550. The van der Waals surface area contributed by atoms with Gasteiger partial charge in [0.2, 0.25) is 0 Å². The van der Waals surface area contributed by atoms with Crippen molar-refractivity contribution < 1.29 is 9.18 Å². The van der Waals surface area contributed by atoms with E-state index in [1.807, 2.05) is 0 Å². The molecule has 0 unspecified atom stereocenters. The van der Waals surface area contributed by atoms with E-state index in [4.69, 9.17) is 11.6 Å². The molecule has 0 aliphatic carbocycles. The molecule has 0 atom stereocenters. The highest BCUT2D eigenvalue weighted by atomic mass is 35.5. The van der Waals surface area contributed by atoms with Crippen molar-refractivity contribution >= 4 is 17.5 Å². The molecule has 0 aliphatic heterocycles. The van der Waals surface area contributed by atoms with Crippen LogP contribution in [-0.4, -0.2) is 5.91 Å². The van der Waals surface area contributed by atoms with E-state index in [9.17, 15) is 9.18 Å². The van der Waals surface area contributed by atoms with Gasteiger partial charge in [0.05, 0.1) is 0 Å². The van der Waals surface area contributed by atoms with Crippen molar-refractivity contribution in [2.45, 2.75) is 6.54 Å². The molecule has 2 aromatic carbocycles. The second kappa shape index (κ2) is 5.65. The van der Waals surface area contributed by atoms with Crippen LogP contribution in [0.15, 0.2) is 48.5 Å². The van der Waals surface area contributed by atoms with Crippen molar-refractivity contribution in [3.05, 3.63) is 70.5 Å². The first-order valence-electron chi connectivity index (χ1n) is 5.43. The standard InChI is InChI=1S/C14H11ClFNO/c15-12-5-2-4-11(8-12)14(18)17-9-10-3-1-6-13(16)7-10/h1-8H,9H2,(H,17,18). The first-order valence-corrected chi connectivity index (χ1v) is 5.81. The van der Waals surface area contributed by atoms with Crippen LogP contribution < -0.4 is 5.32 Å². The highest BCUT2D eigenvalue weighted by Gasteiger charge is 2.05. The van der Waals surface area contributed by atoms with E-state index in [1.165, 1.54) is 12.1 Å². The topological polar surface area (TPSA) is 29.1 Å². The summed E-state index contributed by atoms with van der Waals surface area (Å²) in [6, 6.07) is 12.8. The van der Waals surface area contributed by atoms with Crippen LogP contribution in [-0.2, 0) is 6.54 Å². The molecule has 4 heteroatoms. The number of nitrogens with one attached hydrogen (secondary N) is 1. The van der Waals surface area contributed by atoms with Crippen molar-refractivity contribution in [1.29, 1.82) is 0 Å². The summed E-state index contributed by atoms with van der Waals surface area (Å²) in [6.45, 7) is 0.281. The lowest BCUT2D eigenvalue weighted by molar-refractivity contribution is 0.0951. The lowest BCUT2D eigenvalue weighted by Crippen LogP contribution is -2.22. The Bertz CT molecular complexity index is 571. The molecule has 2 rings (SSSR count). The number of benzene rings is 2. The van der Waals surface area contributed by atoms with Crippen molar-refractivity contribution in [2.24, 2.45) is 0 Å². The van der Waals surface area contributed by atoms with Crippen molar-refractivity contribution in [2.75, 3.05) is 0 Å². The van der Waals surface area contributed by atoms with Gasteiger partial charge in [-0.2, -0.15) is 0 Å². The Balaban J connectivity index is 2.00. The fourth-order valence-electron chi connectivity index (χ4n) is 1.56. The Morgan fingerprint density at radius 3 is 2.67 bits per heavy atom. The molecule has 1 amide bonds. The summed E-state index contributed by atoms with van der Waals surface area (Å²) in [5.41, 5.74) is 1.20. The zero-order valence-corrected chi connectivity index (χ0v) is 10.2. The van der Waals surface area contributed by atoms with Gasteiger partial charge in [0.25, 0.3) is 5.91 Å². The lowest BCUT2D eigenvalue weighted by Gasteiger charge is -2.05. The monoisotopic (exact) mass is 263 g/mol. The van der Waals surface area contributed by atoms with E-state index >= 15 is 0 Å². The third kappa shape index (κ3) is 3.31. The summed E-state index contributed by atoms with van der Waals surface area (Å²) in [4.78, 5) is 11.8. The number of amides is 1. The largest absolute Gasteiger partial charge is 0.348 e. The van der Waals surface area contributed by atoms with Gasteiger partial charge in [0, 0.05) is 17.1 Å². The third-order valence-electron chi connectivity index (χ3n) is 2.43. The number of hydrogen-bond acceptors (Lipinski definition) is 1. The summed E-state index contributed by atoms with van der Waals surface area (Å²) in [6.07, 6.45) is 0. The van der Waals surface area contributed by atoms with Gasteiger partial charge in [-0.05, 0) is 35.9 Å². The second-order valence-corrected chi connectivity index (χ2v) is 4.26. The number of rotatable bonds is 3. The third-order valence-corrected chi connectivity index (χ3v) is 2.66. The maximum Gasteiger partial charge on any atom is 0.251 e. The Hall–Kier alpha value is -1.87. The van der Waals surface area contributed by atoms with E-state index < -0.39 is 0 Å². The maximum absolute atomic E-state index is 12.9. The van der Waals surface area contributed by atoms with Gasteiger partial charge in [-0.25, -0.2) is 4.39 Å². The van der Waals surface area contributed by atoms with Gasteiger partial charge in [0.1, 0.15) is 5.82 Å². The molecule has 0 aliphatic rings. The minimum Gasteiger partial charge on any atom is -0.348 e. The predicted octanol–water partition coefficient (Wildman–Crippen LogP) is 3.41. The van der Waals surface area contributed by atoms with Crippen LogP contribution in [0.3, 0.4) is 0 Å². The average molecular weight is 264 g/mol. The maximum atomic E-state index is 12.9. The van der Waals surface area contributed by atoms with Gasteiger partial charge in [-0.1, -0.05) is 29.8 Å². The first kappa shape index (κ1) is 12.6. The first-order chi connectivity index (χ1) is 8.65. The highest BCUT2D eigenvalue weighted by molar-refractivity contribution is 6.30. The lowest BCUT2D eigenvalue weighted by atomic mass is 10.2. The molecule has 2 aromatic rings. The molecule has 2 nitrogen and oxygen atoms in total. The van der Waals surface area contributed by atoms with Gasteiger partial charge >= 0.3 is 0 Å². The molecular formula is C14H11ClFNO. The molecule has 0 aromatic heterocycles. The number of carbonyl (C=O) groups is 1. The fraction of sp³-hybridized carbons (Fsp3) is 0.0714. The molecule has 0 fully saturated rings. The molecule has 1 N–H and O–H groups in total.